The SMILES string of the molecule is COc1cc(NC(=O)c2cccc(S(=O)(=O)N3CCc4ccccc4C3)c2)cc(OC)c1. The van der Waals surface area contributed by atoms with Gasteiger partial charge in [0.15, 0.2) is 0 Å². The maximum Gasteiger partial charge on any atom is 0.255 e. The summed E-state index contributed by atoms with van der Waals surface area (Å²) in [5.41, 5.74) is 2.89. The predicted octanol–water partition coefficient (Wildman–Crippen LogP) is 3.70. The second-order valence-corrected chi connectivity index (χ2v) is 9.38. The lowest BCUT2D eigenvalue weighted by Crippen LogP contribution is -2.36. The Labute approximate surface area is 187 Å². The van der Waals surface area contributed by atoms with Gasteiger partial charge in [-0.05, 0) is 35.7 Å². The van der Waals surface area contributed by atoms with Crippen molar-refractivity contribution in [2.75, 3.05) is 26.1 Å². The number of fused-ring (bicyclic) bond motifs is 1. The standard InChI is InChI=1S/C24H24N2O5S/c1-30-21-13-20(14-22(15-21)31-2)25-24(27)18-8-5-9-23(12-18)32(28,29)26-11-10-17-6-3-4-7-19(17)16-26/h3-9,12-15H,10-11,16H2,1-2H3,(H,25,27). The van der Waals surface area contributed by atoms with Crippen LogP contribution in [0.25, 0.3) is 0 Å². The summed E-state index contributed by atoms with van der Waals surface area (Å²) in [5.74, 6) is 0.629. The molecular formula is C24H24N2O5S. The Kier molecular flexibility index (Phi) is 6.16. The van der Waals surface area contributed by atoms with Crippen LogP contribution < -0.4 is 14.8 Å². The summed E-state index contributed by atoms with van der Waals surface area (Å²) < 4.78 is 38.4. The molecule has 3 aromatic carbocycles. The van der Waals surface area contributed by atoms with Gasteiger partial charge in [-0.2, -0.15) is 4.31 Å². The number of nitrogens with one attached hydrogen (secondary N) is 1. The van der Waals surface area contributed by atoms with E-state index in [9.17, 15) is 13.2 Å². The van der Waals surface area contributed by atoms with E-state index in [4.69, 9.17) is 9.47 Å². The van der Waals surface area contributed by atoms with E-state index in [-0.39, 0.29) is 10.5 Å². The normalized spacial score (nSPS) is 13.8. The summed E-state index contributed by atoms with van der Waals surface area (Å²) in [6.07, 6.45) is 0.660. The largest absolute Gasteiger partial charge is 0.497 e. The Morgan fingerprint density at radius 3 is 2.28 bits per heavy atom. The topological polar surface area (TPSA) is 84.9 Å². The fourth-order valence-electron chi connectivity index (χ4n) is 3.70. The van der Waals surface area contributed by atoms with Crippen LogP contribution in [0.4, 0.5) is 5.69 Å². The number of benzene rings is 3. The Hall–Kier alpha value is -3.36. The van der Waals surface area contributed by atoms with Gasteiger partial charge in [-0.1, -0.05) is 30.3 Å². The van der Waals surface area contributed by atoms with Crippen LogP contribution in [0.1, 0.15) is 21.5 Å². The Balaban J connectivity index is 1.56. The highest BCUT2D eigenvalue weighted by Crippen LogP contribution is 2.27. The molecule has 0 aromatic heterocycles. The summed E-state index contributed by atoms with van der Waals surface area (Å²) in [5, 5.41) is 2.77. The molecule has 8 heteroatoms. The first-order chi connectivity index (χ1) is 15.4. The van der Waals surface area contributed by atoms with Crippen LogP contribution in [0.15, 0.2) is 71.6 Å². The van der Waals surface area contributed by atoms with Crippen LogP contribution in [0, 0.1) is 0 Å². The van der Waals surface area contributed by atoms with Crippen molar-refractivity contribution in [1.29, 1.82) is 0 Å². The maximum absolute atomic E-state index is 13.3. The van der Waals surface area contributed by atoms with E-state index in [1.807, 2.05) is 24.3 Å². The number of carbonyl (C=O) groups excluding carboxylic acids is 1. The van der Waals surface area contributed by atoms with Gasteiger partial charge in [0.25, 0.3) is 5.91 Å². The molecule has 4 rings (SSSR count). The van der Waals surface area contributed by atoms with E-state index in [0.29, 0.717) is 36.7 Å². The number of amides is 1. The number of hydrogen-bond donors (Lipinski definition) is 1. The van der Waals surface area contributed by atoms with Gasteiger partial charge in [0.2, 0.25) is 10.0 Å². The van der Waals surface area contributed by atoms with Crippen LogP contribution in [0.2, 0.25) is 0 Å². The third kappa shape index (κ3) is 4.46. The van der Waals surface area contributed by atoms with E-state index in [1.54, 1.807) is 30.3 Å². The highest BCUT2D eigenvalue weighted by Gasteiger charge is 2.28. The molecule has 0 saturated heterocycles. The van der Waals surface area contributed by atoms with Gasteiger partial charge in [0.05, 0.1) is 19.1 Å². The van der Waals surface area contributed by atoms with Crippen molar-refractivity contribution in [2.45, 2.75) is 17.9 Å². The Morgan fingerprint density at radius 2 is 1.59 bits per heavy atom. The quantitative estimate of drug-likeness (QED) is 0.616. The fraction of sp³-hybridized carbons (Fsp3) is 0.208. The molecule has 1 aliphatic heterocycles. The van der Waals surface area contributed by atoms with E-state index in [1.165, 1.54) is 36.2 Å². The molecule has 1 amide bonds. The van der Waals surface area contributed by atoms with Gasteiger partial charge in [-0.15, -0.1) is 0 Å². The van der Waals surface area contributed by atoms with Crippen molar-refractivity contribution in [3.63, 3.8) is 0 Å². The second kappa shape index (κ2) is 9.02. The van der Waals surface area contributed by atoms with Gasteiger partial charge in [0.1, 0.15) is 11.5 Å². The van der Waals surface area contributed by atoms with Crippen molar-refractivity contribution in [3.05, 3.63) is 83.4 Å². The highest BCUT2D eigenvalue weighted by atomic mass is 32.2. The summed E-state index contributed by atoms with van der Waals surface area (Å²) >= 11 is 0. The fourth-order valence-corrected chi connectivity index (χ4v) is 5.17. The van der Waals surface area contributed by atoms with Crippen molar-refractivity contribution >= 4 is 21.6 Å². The maximum atomic E-state index is 13.3. The molecule has 0 aliphatic carbocycles. The molecule has 0 atom stereocenters. The van der Waals surface area contributed by atoms with Crippen molar-refractivity contribution in [2.24, 2.45) is 0 Å². The van der Waals surface area contributed by atoms with Gasteiger partial charge in [0, 0.05) is 42.5 Å². The molecule has 7 nitrogen and oxygen atoms in total. The zero-order valence-corrected chi connectivity index (χ0v) is 18.7. The molecule has 0 saturated carbocycles. The molecule has 32 heavy (non-hydrogen) atoms. The first-order valence-electron chi connectivity index (χ1n) is 10.1. The first kappa shape index (κ1) is 21.9. The average molecular weight is 453 g/mol. The predicted molar refractivity (Wildman–Crippen MR) is 122 cm³/mol. The van der Waals surface area contributed by atoms with E-state index in [0.717, 1.165) is 5.56 Å². The van der Waals surface area contributed by atoms with Crippen LogP contribution in [0.3, 0.4) is 0 Å². The minimum Gasteiger partial charge on any atom is -0.497 e. The minimum atomic E-state index is -3.74. The number of sulfonamides is 1. The van der Waals surface area contributed by atoms with E-state index >= 15 is 0 Å². The molecular weight excluding hydrogens is 428 g/mol. The smallest absolute Gasteiger partial charge is 0.255 e. The second-order valence-electron chi connectivity index (χ2n) is 7.44. The number of anilines is 1. The number of hydrogen-bond acceptors (Lipinski definition) is 5. The van der Waals surface area contributed by atoms with Crippen LogP contribution in [0.5, 0.6) is 11.5 Å². The third-order valence-electron chi connectivity index (χ3n) is 5.44. The van der Waals surface area contributed by atoms with Crippen molar-refractivity contribution in [1.82, 2.24) is 4.31 Å². The molecule has 0 radical (unpaired) electrons. The monoisotopic (exact) mass is 452 g/mol. The zero-order valence-electron chi connectivity index (χ0n) is 17.9. The van der Waals surface area contributed by atoms with Crippen LogP contribution in [-0.2, 0) is 23.0 Å². The van der Waals surface area contributed by atoms with E-state index < -0.39 is 15.9 Å². The molecule has 0 unspecified atom stereocenters. The number of methoxy groups -OCH3 is 2. The molecule has 1 heterocycles. The average Bonchev–Trinajstić information content (AvgIpc) is 2.83. The third-order valence-corrected chi connectivity index (χ3v) is 7.28. The molecule has 1 N–H and O–H groups in total. The highest BCUT2D eigenvalue weighted by molar-refractivity contribution is 7.89. The first-order valence-corrected chi connectivity index (χ1v) is 11.6. The summed E-state index contributed by atoms with van der Waals surface area (Å²) in [7, 11) is -0.699. The lowest BCUT2D eigenvalue weighted by Gasteiger charge is -2.28. The van der Waals surface area contributed by atoms with Gasteiger partial charge >= 0.3 is 0 Å². The molecule has 166 valence electrons. The van der Waals surface area contributed by atoms with Gasteiger partial charge in [-0.3, -0.25) is 4.79 Å². The van der Waals surface area contributed by atoms with Crippen molar-refractivity contribution < 1.29 is 22.7 Å². The van der Waals surface area contributed by atoms with Gasteiger partial charge in [-0.25, -0.2) is 8.42 Å². The Morgan fingerprint density at radius 1 is 0.906 bits per heavy atom. The number of nitrogens with zero attached hydrogens (tertiary/aromatic N) is 1. The molecule has 0 spiro atoms. The summed E-state index contributed by atoms with van der Waals surface area (Å²) in [6, 6.07) is 18.9. The number of carbonyl (C=O) groups is 1. The Bertz CT molecular complexity index is 1230. The summed E-state index contributed by atoms with van der Waals surface area (Å²) in [4.78, 5) is 12.9. The number of rotatable bonds is 6. The lowest BCUT2D eigenvalue weighted by molar-refractivity contribution is 0.102. The molecule has 3 aromatic rings. The zero-order chi connectivity index (χ0) is 22.7. The van der Waals surface area contributed by atoms with Crippen LogP contribution >= 0.6 is 0 Å². The molecule has 0 bridgehead atoms. The molecule has 0 fully saturated rings. The summed E-state index contributed by atoms with van der Waals surface area (Å²) in [6.45, 7) is 0.720. The number of ether oxygens (including phenoxy) is 2. The van der Waals surface area contributed by atoms with Crippen LogP contribution in [-0.4, -0.2) is 39.4 Å². The minimum absolute atomic E-state index is 0.0905. The lowest BCUT2D eigenvalue weighted by atomic mass is 10.0. The molecule has 1 aliphatic rings. The van der Waals surface area contributed by atoms with Crippen molar-refractivity contribution in [3.8, 4) is 11.5 Å². The van der Waals surface area contributed by atoms with E-state index in [2.05, 4.69) is 5.32 Å². The van der Waals surface area contributed by atoms with Gasteiger partial charge < -0.3 is 14.8 Å².